The first kappa shape index (κ1) is 12.0. The Bertz CT molecular complexity index is 416. The summed E-state index contributed by atoms with van der Waals surface area (Å²) in [5.41, 5.74) is 0.586. The maximum absolute atomic E-state index is 11.6. The first-order valence-corrected chi connectivity index (χ1v) is 6.04. The van der Waals surface area contributed by atoms with Crippen molar-refractivity contribution in [1.82, 2.24) is 0 Å². The molecule has 1 aliphatic carbocycles. The Labute approximate surface area is 102 Å². The van der Waals surface area contributed by atoms with E-state index in [1.54, 1.807) is 0 Å². The highest BCUT2D eigenvalue weighted by atomic mass is 16.5. The molecule has 1 saturated carbocycles. The zero-order valence-electron chi connectivity index (χ0n) is 10.6. The van der Waals surface area contributed by atoms with Crippen LogP contribution in [0.25, 0.3) is 0 Å². The number of hydrogen-bond acceptors (Lipinski definition) is 2. The zero-order valence-corrected chi connectivity index (χ0v) is 10.6. The van der Waals surface area contributed by atoms with Crippen molar-refractivity contribution < 1.29 is 9.53 Å². The van der Waals surface area contributed by atoms with Gasteiger partial charge in [-0.1, -0.05) is 6.07 Å². The second-order valence-electron chi connectivity index (χ2n) is 5.51. The fourth-order valence-corrected chi connectivity index (χ4v) is 1.58. The number of anilines is 1. The molecule has 92 valence electrons. The highest BCUT2D eigenvalue weighted by Crippen LogP contribution is 2.30. The number of nitrogens with one attached hydrogen (secondary N) is 1. The van der Waals surface area contributed by atoms with E-state index in [2.05, 4.69) is 5.32 Å². The quantitative estimate of drug-likeness (QED) is 0.870. The molecule has 1 aromatic rings. The maximum atomic E-state index is 11.6. The average molecular weight is 233 g/mol. The van der Waals surface area contributed by atoms with Crippen LogP contribution in [0, 0.1) is 5.92 Å². The summed E-state index contributed by atoms with van der Waals surface area (Å²) in [6, 6.07) is 7.54. The number of carbonyl (C=O) groups excluding carboxylic acids is 1. The van der Waals surface area contributed by atoms with Gasteiger partial charge >= 0.3 is 0 Å². The van der Waals surface area contributed by atoms with Gasteiger partial charge in [-0.2, -0.15) is 0 Å². The monoisotopic (exact) mass is 233 g/mol. The molecule has 0 aromatic heterocycles. The van der Waals surface area contributed by atoms with Gasteiger partial charge < -0.3 is 10.1 Å². The van der Waals surface area contributed by atoms with Crippen LogP contribution in [0.4, 0.5) is 5.69 Å². The molecule has 0 unspecified atom stereocenters. The van der Waals surface area contributed by atoms with Crippen LogP contribution in [0.1, 0.15) is 33.6 Å². The molecular weight excluding hydrogens is 214 g/mol. The Balaban J connectivity index is 2.03. The van der Waals surface area contributed by atoms with Crippen LogP contribution in [0.5, 0.6) is 5.75 Å². The minimum Gasteiger partial charge on any atom is -0.488 e. The number of hydrogen-bond donors (Lipinski definition) is 1. The summed E-state index contributed by atoms with van der Waals surface area (Å²) >= 11 is 0. The maximum Gasteiger partial charge on any atom is 0.227 e. The van der Waals surface area contributed by atoms with E-state index in [9.17, 15) is 4.79 Å². The van der Waals surface area contributed by atoms with Gasteiger partial charge in [0.25, 0.3) is 0 Å². The van der Waals surface area contributed by atoms with Crippen molar-refractivity contribution in [2.24, 2.45) is 5.92 Å². The van der Waals surface area contributed by atoms with Gasteiger partial charge in [-0.05, 0) is 45.7 Å². The minimum absolute atomic E-state index is 0.123. The predicted octanol–water partition coefficient (Wildman–Crippen LogP) is 3.21. The molecule has 0 aliphatic heterocycles. The molecule has 1 N–H and O–H groups in total. The van der Waals surface area contributed by atoms with Crippen molar-refractivity contribution in [3.63, 3.8) is 0 Å². The molecule has 1 aromatic carbocycles. The third-order valence-corrected chi connectivity index (χ3v) is 2.47. The summed E-state index contributed by atoms with van der Waals surface area (Å²) < 4.78 is 5.75. The van der Waals surface area contributed by atoms with Crippen molar-refractivity contribution in [1.29, 1.82) is 0 Å². The van der Waals surface area contributed by atoms with E-state index in [0.29, 0.717) is 0 Å². The summed E-state index contributed by atoms with van der Waals surface area (Å²) in [4.78, 5) is 11.6. The van der Waals surface area contributed by atoms with E-state index >= 15 is 0 Å². The van der Waals surface area contributed by atoms with Crippen molar-refractivity contribution in [3.8, 4) is 5.75 Å². The van der Waals surface area contributed by atoms with Crippen molar-refractivity contribution in [3.05, 3.63) is 24.3 Å². The molecule has 0 atom stereocenters. The number of carbonyl (C=O) groups is 1. The van der Waals surface area contributed by atoms with Crippen molar-refractivity contribution >= 4 is 11.6 Å². The lowest BCUT2D eigenvalue weighted by atomic mass is 10.2. The Hall–Kier alpha value is -1.51. The standard InChI is InChI=1S/C14H19NO2/c1-14(2,3)17-12-6-4-5-11(9-12)15-13(16)10-7-8-10/h4-6,9-10H,7-8H2,1-3H3,(H,15,16). The highest BCUT2D eigenvalue weighted by molar-refractivity contribution is 5.94. The molecule has 0 radical (unpaired) electrons. The van der Waals surface area contributed by atoms with Gasteiger partial charge in [0, 0.05) is 17.7 Å². The van der Waals surface area contributed by atoms with E-state index in [-0.39, 0.29) is 17.4 Å². The molecule has 0 heterocycles. The number of rotatable bonds is 3. The summed E-state index contributed by atoms with van der Waals surface area (Å²) in [5, 5.41) is 2.91. The topological polar surface area (TPSA) is 38.3 Å². The third kappa shape index (κ3) is 3.77. The molecule has 0 saturated heterocycles. The normalized spacial score (nSPS) is 15.5. The van der Waals surface area contributed by atoms with E-state index in [0.717, 1.165) is 24.3 Å². The fraction of sp³-hybridized carbons (Fsp3) is 0.500. The summed E-state index contributed by atoms with van der Waals surface area (Å²) in [5.74, 6) is 1.13. The van der Waals surface area contributed by atoms with Gasteiger partial charge in [0.15, 0.2) is 0 Å². The number of benzene rings is 1. The van der Waals surface area contributed by atoms with Crippen LogP contribution in [0.2, 0.25) is 0 Å². The Morgan fingerprint density at radius 3 is 2.65 bits per heavy atom. The molecule has 1 amide bonds. The van der Waals surface area contributed by atoms with Crippen LogP contribution in [-0.2, 0) is 4.79 Å². The Morgan fingerprint density at radius 2 is 2.06 bits per heavy atom. The minimum atomic E-state index is -0.223. The molecule has 3 heteroatoms. The second-order valence-corrected chi connectivity index (χ2v) is 5.51. The van der Waals surface area contributed by atoms with E-state index in [4.69, 9.17) is 4.74 Å². The molecular formula is C14H19NO2. The predicted molar refractivity (Wildman–Crippen MR) is 68.2 cm³/mol. The average Bonchev–Trinajstić information content (AvgIpc) is 2.97. The van der Waals surface area contributed by atoms with Gasteiger partial charge in [0.05, 0.1) is 0 Å². The van der Waals surface area contributed by atoms with E-state index in [1.807, 2.05) is 45.0 Å². The van der Waals surface area contributed by atoms with Gasteiger partial charge in [-0.25, -0.2) is 0 Å². The third-order valence-electron chi connectivity index (χ3n) is 2.47. The molecule has 2 rings (SSSR count). The summed E-state index contributed by atoms with van der Waals surface area (Å²) in [7, 11) is 0. The molecule has 3 nitrogen and oxygen atoms in total. The van der Waals surface area contributed by atoms with E-state index < -0.39 is 0 Å². The van der Waals surface area contributed by atoms with Crippen LogP contribution >= 0.6 is 0 Å². The van der Waals surface area contributed by atoms with Crippen LogP contribution in [0.15, 0.2) is 24.3 Å². The van der Waals surface area contributed by atoms with Crippen molar-refractivity contribution in [2.75, 3.05) is 5.32 Å². The lowest BCUT2D eigenvalue weighted by molar-refractivity contribution is -0.117. The fourth-order valence-electron chi connectivity index (χ4n) is 1.58. The molecule has 17 heavy (non-hydrogen) atoms. The second kappa shape index (κ2) is 4.40. The summed E-state index contributed by atoms with van der Waals surface area (Å²) in [6.07, 6.45) is 2.04. The van der Waals surface area contributed by atoms with Gasteiger partial charge in [-0.15, -0.1) is 0 Å². The largest absolute Gasteiger partial charge is 0.488 e. The lowest BCUT2D eigenvalue weighted by Gasteiger charge is -2.21. The van der Waals surface area contributed by atoms with Gasteiger partial charge in [-0.3, -0.25) is 4.79 Å². The van der Waals surface area contributed by atoms with E-state index in [1.165, 1.54) is 0 Å². The smallest absolute Gasteiger partial charge is 0.227 e. The Morgan fingerprint density at radius 1 is 1.35 bits per heavy atom. The highest BCUT2D eigenvalue weighted by Gasteiger charge is 2.29. The SMILES string of the molecule is CC(C)(C)Oc1cccc(NC(=O)C2CC2)c1. The van der Waals surface area contributed by atoms with Crippen LogP contribution in [0.3, 0.4) is 0 Å². The molecule has 1 fully saturated rings. The zero-order chi connectivity index (χ0) is 12.5. The van der Waals surface area contributed by atoms with Gasteiger partial charge in [0.2, 0.25) is 5.91 Å². The molecule has 0 bridgehead atoms. The van der Waals surface area contributed by atoms with Crippen LogP contribution in [-0.4, -0.2) is 11.5 Å². The molecule has 1 aliphatic rings. The number of ether oxygens (including phenoxy) is 1. The molecule has 0 spiro atoms. The van der Waals surface area contributed by atoms with Crippen molar-refractivity contribution in [2.45, 2.75) is 39.2 Å². The first-order chi connectivity index (χ1) is 7.94. The lowest BCUT2D eigenvalue weighted by Crippen LogP contribution is -2.23. The number of amides is 1. The Kier molecular flexibility index (Phi) is 3.09. The summed E-state index contributed by atoms with van der Waals surface area (Å²) in [6.45, 7) is 6.01. The van der Waals surface area contributed by atoms with Crippen LogP contribution < -0.4 is 10.1 Å². The van der Waals surface area contributed by atoms with Gasteiger partial charge in [0.1, 0.15) is 11.4 Å². The first-order valence-electron chi connectivity index (χ1n) is 6.04.